The number of hydrogen-bond acceptors (Lipinski definition) is 2. The number of fused-ring (bicyclic) bond motifs is 1. The molecule has 17 heavy (non-hydrogen) atoms. The van der Waals surface area contributed by atoms with Crippen LogP contribution in [-0.4, -0.2) is 9.38 Å². The lowest BCUT2D eigenvalue weighted by Gasteiger charge is -2.19. The molecule has 2 rings (SSSR count). The lowest BCUT2D eigenvalue weighted by molar-refractivity contribution is -0.142. The minimum atomic E-state index is -4.43. The summed E-state index contributed by atoms with van der Waals surface area (Å²) < 4.78 is 39.7. The zero-order valence-electron chi connectivity index (χ0n) is 9.42. The molecule has 6 heteroatoms. The number of nitrogens with zero attached hydrogens (tertiary/aromatic N) is 2. The van der Waals surface area contributed by atoms with Gasteiger partial charge < -0.3 is 5.73 Å². The summed E-state index contributed by atoms with van der Waals surface area (Å²) in [4.78, 5) is 3.98. The Morgan fingerprint density at radius 1 is 1.24 bits per heavy atom. The summed E-state index contributed by atoms with van der Waals surface area (Å²) in [6, 6.07) is 3.94. The van der Waals surface area contributed by atoms with E-state index in [9.17, 15) is 13.2 Å². The fourth-order valence-corrected chi connectivity index (χ4v) is 1.72. The second-order valence-electron chi connectivity index (χ2n) is 4.47. The van der Waals surface area contributed by atoms with Gasteiger partial charge in [-0.05, 0) is 26.0 Å². The maximum Gasteiger partial charge on any atom is 0.431 e. The minimum Gasteiger partial charge on any atom is -0.319 e. The zero-order chi connectivity index (χ0) is 12.8. The first-order valence-electron chi connectivity index (χ1n) is 5.04. The summed E-state index contributed by atoms with van der Waals surface area (Å²) >= 11 is 0. The van der Waals surface area contributed by atoms with E-state index in [2.05, 4.69) is 4.98 Å². The molecule has 0 radical (unpaired) electrons. The second-order valence-corrected chi connectivity index (χ2v) is 4.47. The lowest BCUT2D eigenvalue weighted by Crippen LogP contribution is -2.32. The van der Waals surface area contributed by atoms with Crippen molar-refractivity contribution in [3.63, 3.8) is 0 Å². The topological polar surface area (TPSA) is 43.3 Å². The van der Waals surface area contributed by atoms with Gasteiger partial charge in [-0.25, -0.2) is 4.98 Å². The molecule has 2 N–H and O–H groups in total. The lowest BCUT2D eigenvalue weighted by atomic mass is 10.1. The van der Waals surface area contributed by atoms with Crippen LogP contribution in [0.25, 0.3) is 5.52 Å². The third-order valence-corrected chi connectivity index (χ3v) is 2.42. The highest BCUT2D eigenvalue weighted by Crippen LogP contribution is 2.31. The summed E-state index contributed by atoms with van der Waals surface area (Å²) in [7, 11) is 0. The van der Waals surface area contributed by atoms with Gasteiger partial charge in [-0.2, -0.15) is 13.2 Å². The van der Waals surface area contributed by atoms with Gasteiger partial charge in [-0.15, -0.1) is 0 Å². The van der Waals surface area contributed by atoms with Gasteiger partial charge in [0.15, 0.2) is 0 Å². The summed E-state index contributed by atoms with van der Waals surface area (Å²) in [5.74, 6) is 0.195. The van der Waals surface area contributed by atoms with Gasteiger partial charge in [-0.3, -0.25) is 4.40 Å². The molecule has 0 bridgehead atoms. The molecule has 0 amide bonds. The quantitative estimate of drug-likeness (QED) is 0.836. The van der Waals surface area contributed by atoms with E-state index in [1.807, 2.05) is 0 Å². The smallest absolute Gasteiger partial charge is 0.319 e. The molecule has 0 aliphatic carbocycles. The molecule has 0 saturated carbocycles. The Balaban J connectivity index is 2.82. The Hall–Kier alpha value is -1.56. The molecule has 2 aromatic heterocycles. The number of aromatic nitrogens is 2. The summed E-state index contributed by atoms with van der Waals surface area (Å²) in [6.45, 7) is 3.24. The first-order chi connectivity index (χ1) is 7.71. The Labute approximate surface area is 96.1 Å². The van der Waals surface area contributed by atoms with Crippen molar-refractivity contribution >= 4 is 5.52 Å². The van der Waals surface area contributed by atoms with Crippen LogP contribution < -0.4 is 5.73 Å². The Bertz CT molecular complexity index is 549. The average molecular weight is 243 g/mol. The molecule has 0 aromatic carbocycles. The van der Waals surface area contributed by atoms with Gasteiger partial charge in [0.25, 0.3) is 0 Å². The fourth-order valence-electron chi connectivity index (χ4n) is 1.72. The van der Waals surface area contributed by atoms with Crippen molar-refractivity contribution in [1.29, 1.82) is 0 Å². The van der Waals surface area contributed by atoms with Gasteiger partial charge in [-0.1, -0.05) is 6.07 Å². The summed E-state index contributed by atoms with van der Waals surface area (Å²) in [5.41, 5.74) is 4.51. The normalized spacial score (nSPS) is 13.3. The van der Waals surface area contributed by atoms with E-state index in [1.165, 1.54) is 12.3 Å². The number of alkyl halides is 3. The maximum absolute atomic E-state index is 12.9. The monoisotopic (exact) mass is 243 g/mol. The van der Waals surface area contributed by atoms with Crippen LogP contribution in [0.2, 0.25) is 0 Å². The van der Waals surface area contributed by atoms with E-state index < -0.39 is 17.4 Å². The number of pyridine rings is 1. The molecule has 0 spiro atoms. The predicted octanol–water partition coefficient (Wildman–Crippen LogP) is 2.55. The predicted molar refractivity (Wildman–Crippen MR) is 57.4 cm³/mol. The van der Waals surface area contributed by atoms with Crippen LogP contribution in [0, 0.1) is 0 Å². The van der Waals surface area contributed by atoms with E-state index in [0.29, 0.717) is 5.52 Å². The molecule has 0 aliphatic rings. The van der Waals surface area contributed by atoms with Crippen molar-refractivity contribution < 1.29 is 13.2 Å². The number of nitrogens with two attached hydrogens (primary N) is 1. The Morgan fingerprint density at radius 2 is 1.88 bits per heavy atom. The summed E-state index contributed by atoms with van der Waals surface area (Å²) in [5, 5.41) is 0. The first-order valence-corrected chi connectivity index (χ1v) is 5.04. The van der Waals surface area contributed by atoms with Gasteiger partial charge in [0, 0.05) is 0 Å². The molecule has 3 nitrogen and oxygen atoms in total. The molecule has 0 unspecified atom stereocenters. The molecular weight excluding hydrogens is 231 g/mol. The second kappa shape index (κ2) is 3.46. The van der Waals surface area contributed by atoms with Crippen molar-refractivity contribution in [2.24, 2.45) is 5.73 Å². The fraction of sp³-hybridized carbons (Fsp3) is 0.364. The van der Waals surface area contributed by atoms with Gasteiger partial charge in [0.1, 0.15) is 11.5 Å². The van der Waals surface area contributed by atoms with Crippen LogP contribution in [0.3, 0.4) is 0 Å². The maximum atomic E-state index is 12.9. The van der Waals surface area contributed by atoms with Gasteiger partial charge in [0.2, 0.25) is 0 Å². The molecule has 92 valence electrons. The molecule has 2 aromatic rings. The van der Waals surface area contributed by atoms with Crippen molar-refractivity contribution in [2.45, 2.75) is 25.6 Å². The van der Waals surface area contributed by atoms with Crippen LogP contribution in [0.5, 0.6) is 0 Å². The molecule has 0 fully saturated rings. The first kappa shape index (κ1) is 11.9. The third-order valence-electron chi connectivity index (χ3n) is 2.42. The van der Waals surface area contributed by atoms with Gasteiger partial charge in [0.05, 0.1) is 17.3 Å². The summed E-state index contributed by atoms with van der Waals surface area (Å²) in [6.07, 6.45) is -3.04. The van der Waals surface area contributed by atoms with Crippen molar-refractivity contribution in [3.8, 4) is 0 Å². The number of rotatable bonds is 1. The number of halogens is 3. The standard InChI is InChI=1S/C11H12F3N3/c1-10(2,15)9-16-6-7-4-3-5-8(17(7)9)11(12,13)14/h3-6H,15H2,1-2H3. The highest BCUT2D eigenvalue weighted by atomic mass is 19.4. The molecule has 0 saturated heterocycles. The minimum absolute atomic E-state index is 0.195. The van der Waals surface area contributed by atoms with E-state index in [-0.39, 0.29) is 5.82 Å². The molecular formula is C11H12F3N3. The van der Waals surface area contributed by atoms with Crippen molar-refractivity contribution in [1.82, 2.24) is 9.38 Å². The largest absolute Gasteiger partial charge is 0.431 e. The SMILES string of the molecule is CC(C)(N)c1ncc2cccc(C(F)(F)F)n12. The zero-order valence-corrected chi connectivity index (χ0v) is 9.42. The van der Waals surface area contributed by atoms with E-state index in [0.717, 1.165) is 10.5 Å². The van der Waals surface area contributed by atoms with Crippen LogP contribution in [0.1, 0.15) is 25.4 Å². The molecule has 0 atom stereocenters. The Morgan fingerprint density at radius 3 is 2.41 bits per heavy atom. The third kappa shape index (κ3) is 2.00. The highest BCUT2D eigenvalue weighted by Gasteiger charge is 2.35. The van der Waals surface area contributed by atoms with Crippen molar-refractivity contribution in [2.75, 3.05) is 0 Å². The molecule has 0 aliphatic heterocycles. The van der Waals surface area contributed by atoms with Crippen LogP contribution >= 0.6 is 0 Å². The van der Waals surface area contributed by atoms with E-state index >= 15 is 0 Å². The van der Waals surface area contributed by atoms with Crippen LogP contribution in [-0.2, 0) is 11.7 Å². The van der Waals surface area contributed by atoms with E-state index in [4.69, 9.17) is 5.73 Å². The van der Waals surface area contributed by atoms with E-state index in [1.54, 1.807) is 19.9 Å². The van der Waals surface area contributed by atoms with Crippen LogP contribution in [0.4, 0.5) is 13.2 Å². The van der Waals surface area contributed by atoms with Crippen molar-refractivity contribution in [3.05, 3.63) is 35.9 Å². The average Bonchev–Trinajstić information content (AvgIpc) is 2.57. The molecule has 2 heterocycles. The van der Waals surface area contributed by atoms with Crippen LogP contribution in [0.15, 0.2) is 24.4 Å². The van der Waals surface area contributed by atoms with Gasteiger partial charge >= 0.3 is 6.18 Å². The Kier molecular flexibility index (Phi) is 2.43. The number of imidazole rings is 1. The number of hydrogen-bond donors (Lipinski definition) is 1. The highest BCUT2D eigenvalue weighted by molar-refractivity contribution is 5.48.